The zero-order valence-corrected chi connectivity index (χ0v) is 5.13. The topological polar surface area (TPSA) is 28.7 Å². The quantitative estimate of drug-likeness (QED) is 0.572. The predicted octanol–water partition coefficient (Wildman–Crippen LogP) is 1.28. The number of hydrogen-bond acceptors (Lipinski definition) is 1. The summed E-state index contributed by atoms with van der Waals surface area (Å²) in [6.45, 7) is 1.75. The molecule has 0 radical (unpaired) electrons. The van der Waals surface area contributed by atoms with Gasteiger partial charge in [0.05, 0.1) is 0 Å². The molecule has 8 heavy (non-hydrogen) atoms. The van der Waals surface area contributed by atoms with Crippen LogP contribution < -0.4 is 0 Å². The van der Waals surface area contributed by atoms with E-state index < -0.39 is 5.95 Å². The van der Waals surface area contributed by atoms with E-state index >= 15 is 0 Å². The SMILES string of the molecule is Cc1cc(F)n[nH]1.Cl. The van der Waals surface area contributed by atoms with Gasteiger partial charge in [0, 0.05) is 11.8 Å². The Kier molecular flexibility index (Phi) is 2.48. The minimum atomic E-state index is -0.447. The molecule has 0 aliphatic carbocycles. The number of hydrogen-bond donors (Lipinski definition) is 1. The summed E-state index contributed by atoms with van der Waals surface area (Å²) in [7, 11) is 0. The Morgan fingerprint density at radius 2 is 2.38 bits per heavy atom. The summed E-state index contributed by atoms with van der Waals surface area (Å²) in [5, 5.41) is 5.67. The highest BCUT2D eigenvalue weighted by molar-refractivity contribution is 5.85. The van der Waals surface area contributed by atoms with Crippen LogP contribution in [0, 0.1) is 12.9 Å². The number of nitrogens with zero attached hydrogens (tertiary/aromatic N) is 1. The number of H-pyrrole nitrogens is 1. The summed E-state index contributed by atoms with van der Waals surface area (Å²) in [6, 6.07) is 1.33. The third-order valence-electron chi connectivity index (χ3n) is 0.675. The Balaban J connectivity index is 0.000000490. The van der Waals surface area contributed by atoms with E-state index in [1.807, 2.05) is 0 Å². The van der Waals surface area contributed by atoms with Gasteiger partial charge in [0.25, 0.3) is 0 Å². The molecule has 1 rings (SSSR count). The van der Waals surface area contributed by atoms with Crippen LogP contribution in [0.2, 0.25) is 0 Å². The molecule has 0 spiro atoms. The fourth-order valence-corrected chi connectivity index (χ4v) is 0.385. The fourth-order valence-electron chi connectivity index (χ4n) is 0.385. The molecule has 1 aromatic heterocycles. The lowest BCUT2D eigenvalue weighted by molar-refractivity contribution is 0.579. The molecule has 1 aromatic rings. The molecule has 2 nitrogen and oxygen atoms in total. The molecule has 0 aromatic carbocycles. The van der Waals surface area contributed by atoms with Gasteiger partial charge in [-0.1, -0.05) is 0 Å². The minimum Gasteiger partial charge on any atom is -0.280 e. The third-order valence-corrected chi connectivity index (χ3v) is 0.675. The van der Waals surface area contributed by atoms with Crippen LogP contribution in [-0.2, 0) is 0 Å². The highest BCUT2D eigenvalue weighted by Crippen LogP contribution is 1.91. The Labute approximate surface area is 52.5 Å². The smallest absolute Gasteiger partial charge is 0.232 e. The van der Waals surface area contributed by atoms with E-state index in [4.69, 9.17) is 0 Å². The van der Waals surface area contributed by atoms with Gasteiger partial charge in [-0.2, -0.15) is 4.39 Å². The fraction of sp³-hybridized carbons (Fsp3) is 0.250. The first-order chi connectivity index (χ1) is 3.29. The first-order valence-corrected chi connectivity index (χ1v) is 1.96. The second kappa shape index (κ2) is 2.67. The Bertz CT molecular complexity index is 146. The molecule has 0 atom stereocenters. The number of aromatic amines is 1. The molecule has 0 aliphatic rings. The van der Waals surface area contributed by atoms with Crippen LogP contribution in [0.15, 0.2) is 6.07 Å². The van der Waals surface area contributed by atoms with Crippen molar-refractivity contribution in [2.75, 3.05) is 0 Å². The molecule has 1 N–H and O–H groups in total. The van der Waals surface area contributed by atoms with Crippen molar-refractivity contribution in [2.24, 2.45) is 0 Å². The average molecular weight is 137 g/mol. The van der Waals surface area contributed by atoms with Gasteiger partial charge in [0.2, 0.25) is 5.95 Å². The van der Waals surface area contributed by atoms with Crippen LogP contribution in [0.4, 0.5) is 4.39 Å². The maximum absolute atomic E-state index is 11.8. The molecule has 0 unspecified atom stereocenters. The largest absolute Gasteiger partial charge is 0.280 e. The molecular weight excluding hydrogens is 131 g/mol. The van der Waals surface area contributed by atoms with Gasteiger partial charge >= 0.3 is 0 Å². The van der Waals surface area contributed by atoms with E-state index in [9.17, 15) is 4.39 Å². The maximum atomic E-state index is 11.8. The van der Waals surface area contributed by atoms with Crippen molar-refractivity contribution in [3.63, 3.8) is 0 Å². The third kappa shape index (κ3) is 1.50. The van der Waals surface area contributed by atoms with Gasteiger partial charge < -0.3 is 0 Å². The lowest BCUT2D eigenvalue weighted by atomic mass is 10.5. The summed E-state index contributed by atoms with van der Waals surface area (Å²) in [4.78, 5) is 0. The maximum Gasteiger partial charge on any atom is 0.232 e. The number of halogens is 2. The van der Waals surface area contributed by atoms with Crippen molar-refractivity contribution in [2.45, 2.75) is 6.92 Å². The first kappa shape index (κ1) is 7.43. The van der Waals surface area contributed by atoms with E-state index in [0.717, 1.165) is 5.69 Å². The van der Waals surface area contributed by atoms with Crippen molar-refractivity contribution in [1.82, 2.24) is 10.2 Å². The minimum absolute atomic E-state index is 0. The van der Waals surface area contributed by atoms with Gasteiger partial charge in [0.1, 0.15) is 0 Å². The second-order valence-corrected chi connectivity index (χ2v) is 1.37. The molecule has 0 fully saturated rings. The second-order valence-electron chi connectivity index (χ2n) is 1.37. The average Bonchev–Trinajstić information content (AvgIpc) is 1.87. The molecule has 0 bridgehead atoms. The Morgan fingerprint density at radius 1 is 1.75 bits per heavy atom. The Morgan fingerprint density at radius 3 is 2.50 bits per heavy atom. The van der Waals surface area contributed by atoms with Crippen LogP contribution in [0.5, 0.6) is 0 Å². The van der Waals surface area contributed by atoms with E-state index in [2.05, 4.69) is 10.2 Å². The predicted molar refractivity (Wildman–Crippen MR) is 30.5 cm³/mol. The molecule has 46 valence electrons. The molecule has 0 aliphatic heterocycles. The van der Waals surface area contributed by atoms with E-state index in [0.29, 0.717) is 0 Å². The van der Waals surface area contributed by atoms with Gasteiger partial charge in [-0.05, 0) is 6.92 Å². The summed E-state index contributed by atoms with van der Waals surface area (Å²) < 4.78 is 11.8. The summed E-state index contributed by atoms with van der Waals surface area (Å²) in [5.74, 6) is -0.447. The van der Waals surface area contributed by atoms with Crippen molar-refractivity contribution in [3.8, 4) is 0 Å². The molecule has 0 saturated heterocycles. The highest BCUT2D eigenvalue weighted by atomic mass is 35.5. The first-order valence-electron chi connectivity index (χ1n) is 1.96. The van der Waals surface area contributed by atoms with E-state index in [-0.39, 0.29) is 12.4 Å². The number of nitrogens with one attached hydrogen (secondary N) is 1. The van der Waals surface area contributed by atoms with Gasteiger partial charge in [-0.25, -0.2) is 0 Å². The molecule has 0 saturated carbocycles. The van der Waals surface area contributed by atoms with Gasteiger partial charge in [-0.15, -0.1) is 17.5 Å². The molecule has 4 heteroatoms. The van der Waals surface area contributed by atoms with Crippen LogP contribution in [0.3, 0.4) is 0 Å². The van der Waals surface area contributed by atoms with Crippen LogP contribution in [-0.4, -0.2) is 10.2 Å². The van der Waals surface area contributed by atoms with Gasteiger partial charge in [-0.3, -0.25) is 5.10 Å². The monoisotopic (exact) mass is 136 g/mol. The molecular formula is C4H6ClFN2. The van der Waals surface area contributed by atoms with E-state index in [1.165, 1.54) is 6.07 Å². The van der Waals surface area contributed by atoms with Crippen molar-refractivity contribution in [3.05, 3.63) is 17.7 Å². The van der Waals surface area contributed by atoms with Crippen LogP contribution in [0.1, 0.15) is 5.69 Å². The van der Waals surface area contributed by atoms with Crippen LogP contribution in [0.25, 0.3) is 0 Å². The van der Waals surface area contributed by atoms with Crippen molar-refractivity contribution < 1.29 is 4.39 Å². The number of aromatic nitrogens is 2. The summed E-state index contributed by atoms with van der Waals surface area (Å²) in [6.07, 6.45) is 0. The van der Waals surface area contributed by atoms with Crippen molar-refractivity contribution in [1.29, 1.82) is 0 Å². The zero-order valence-electron chi connectivity index (χ0n) is 4.31. The van der Waals surface area contributed by atoms with Crippen molar-refractivity contribution >= 4 is 12.4 Å². The number of rotatable bonds is 0. The van der Waals surface area contributed by atoms with E-state index in [1.54, 1.807) is 6.92 Å². The molecule has 1 heterocycles. The van der Waals surface area contributed by atoms with Crippen LogP contribution >= 0.6 is 12.4 Å². The summed E-state index contributed by atoms with van der Waals surface area (Å²) >= 11 is 0. The lowest BCUT2D eigenvalue weighted by Gasteiger charge is -1.67. The summed E-state index contributed by atoms with van der Waals surface area (Å²) in [5.41, 5.74) is 0.748. The zero-order chi connectivity index (χ0) is 5.28. The highest BCUT2D eigenvalue weighted by Gasteiger charge is 1.89. The Hall–Kier alpha value is -0.570. The van der Waals surface area contributed by atoms with Gasteiger partial charge in [0.15, 0.2) is 0 Å². The number of aryl methyl sites for hydroxylation is 1. The molecule has 0 amide bonds. The lowest BCUT2D eigenvalue weighted by Crippen LogP contribution is -1.68. The standard InChI is InChI=1S/C4H5FN2.ClH/c1-3-2-4(5)7-6-3;/h2H,1H3,(H,6,7);1H. The normalized spacial score (nSPS) is 8.25.